The number of carbonyl (C=O) groups is 1. The van der Waals surface area contributed by atoms with Crippen molar-refractivity contribution in [2.45, 2.75) is 79.8 Å². The summed E-state index contributed by atoms with van der Waals surface area (Å²) in [6.07, 6.45) is 4.17. The maximum Gasteiger partial charge on any atom is 0.311 e. The van der Waals surface area contributed by atoms with Crippen LogP contribution in [0.25, 0.3) is 0 Å². The summed E-state index contributed by atoms with van der Waals surface area (Å²) in [5.74, 6) is 0.626. The topological polar surface area (TPSA) is 26.3 Å². The third kappa shape index (κ3) is 6.70. The van der Waals surface area contributed by atoms with E-state index in [1.165, 1.54) is 6.42 Å². The zero-order valence-electron chi connectivity index (χ0n) is 12.7. The van der Waals surface area contributed by atoms with Crippen molar-refractivity contribution in [2.24, 2.45) is 11.3 Å². The van der Waals surface area contributed by atoms with Crippen LogP contribution < -0.4 is 0 Å². The molecule has 0 aliphatic heterocycles. The summed E-state index contributed by atoms with van der Waals surface area (Å²) in [5.41, 5.74) is -0.701. The summed E-state index contributed by atoms with van der Waals surface area (Å²) in [6.45, 7) is 14.3. The van der Waals surface area contributed by atoms with Crippen LogP contribution in [-0.2, 0) is 9.53 Å². The second-order valence-electron chi connectivity index (χ2n) is 6.73. The largest absolute Gasteiger partial charge is 0.459 e. The monoisotopic (exact) mass is 242 g/mol. The van der Waals surface area contributed by atoms with E-state index in [4.69, 9.17) is 4.74 Å². The van der Waals surface area contributed by atoms with E-state index in [1.807, 2.05) is 20.8 Å². The molecule has 2 nitrogen and oxygen atoms in total. The van der Waals surface area contributed by atoms with Crippen molar-refractivity contribution in [2.75, 3.05) is 0 Å². The first kappa shape index (κ1) is 16.5. The van der Waals surface area contributed by atoms with Gasteiger partial charge in [0.2, 0.25) is 0 Å². The van der Waals surface area contributed by atoms with Gasteiger partial charge in [0, 0.05) is 0 Å². The van der Waals surface area contributed by atoms with Crippen molar-refractivity contribution in [3.63, 3.8) is 0 Å². The van der Waals surface area contributed by atoms with Crippen molar-refractivity contribution in [3.05, 3.63) is 0 Å². The third-order valence-corrected chi connectivity index (χ3v) is 3.19. The second kappa shape index (κ2) is 6.42. The second-order valence-corrected chi connectivity index (χ2v) is 6.73. The van der Waals surface area contributed by atoms with Gasteiger partial charge in [-0.15, -0.1) is 0 Å². The molecule has 0 spiro atoms. The quantitative estimate of drug-likeness (QED) is 0.638. The number of esters is 1. The summed E-state index contributed by atoms with van der Waals surface area (Å²) >= 11 is 0. The third-order valence-electron chi connectivity index (χ3n) is 3.19. The SMILES string of the molecule is CCC(C)(CCCC(C)C)OC(=O)C(C)(C)C. The lowest BCUT2D eigenvalue weighted by Gasteiger charge is -2.32. The lowest BCUT2D eigenvalue weighted by atomic mass is 9.92. The van der Waals surface area contributed by atoms with Gasteiger partial charge >= 0.3 is 5.97 Å². The van der Waals surface area contributed by atoms with Crippen LogP contribution in [0.3, 0.4) is 0 Å². The highest BCUT2D eigenvalue weighted by Gasteiger charge is 2.32. The number of rotatable bonds is 6. The zero-order chi connectivity index (χ0) is 13.7. The van der Waals surface area contributed by atoms with Crippen LogP contribution in [0.5, 0.6) is 0 Å². The van der Waals surface area contributed by atoms with Gasteiger partial charge in [0.1, 0.15) is 5.60 Å². The molecular formula is C15H30O2. The van der Waals surface area contributed by atoms with Crippen LogP contribution >= 0.6 is 0 Å². The molecule has 1 atom stereocenters. The van der Waals surface area contributed by atoms with Crippen LogP contribution in [0.1, 0.15) is 74.1 Å². The molecule has 0 N–H and O–H groups in total. The Kier molecular flexibility index (Phi) is 6.22. The molecule has 0 heterocycles. The molecular weight excluding hydrogens is 212 g/mol. The fraction of sp³-hybridized carbons (Fsp3) is 0.933. The minimum atomic E-state index is -0.408. The zero-order valence-corrected chi connectivity index (χ0v) is 12.7. The fourth-order valence-corrected chi connectivity index (χ4v) is 1.56. The first-order valence-electron chi connectivity index (χ1n) is 6.84. The standard InChI is InChI=1S/C15H30O2/c1-8-15(7,11-9-10-12(2)3)17-13(16)14(4,5)6/h12H,8-11H2,1-7H3. The number of carbonyl (C=O) groups excluding carboxylic acids is 1. The van der Waals surface area contributed by atoms with E-state index in [2.05, 4.69) is 27.7 Å². The summed E-state index contributed by atoms with van der Waals surface area (Å²) < 4.78 is 5.69. The van der Waals surface area contributed by atoms with Crippen molar-refractivity contribution in [1.29, 1.82) is 0 Å². The molecule has 0 aromatic rings. The van der Waals surface area contributed by atoms with Gasteiger partial charge in [-0.25, -0.2) is 0 Å². The molecule has 0 saturated carbocycles. The van der Waals surface area contributed by atoms with Crippen LogP contribution in [0.15, 0.2) is 0 Å². The van der Waals surface area contributed by atoms with E-state index in [0.29, 0.717) is 0 Å². The van der Waals surface area contributed by atoms with E-state index < -0.39 is 5.41 Å². The summed E-state index contributed by atoms with van der Waals surface area (Å²) in [6, 6.07) is 0. The van der Waals surface area contributed by atoms with Crippen molar-refractivity contribution in [1.82, 2.24) is 0 Å². The van der Waals surface area contributed by atoms with Crippen molar-refractivity contribution < 1.29 is 9.53 Å². The maximum absolute atomic E-state index is 11.9. The Labute approximate surface area is 107 Å². The Hall–Kier alpha value is -0.530. The molecule has 17 heavy (non-hydrogen) atoms. The smallest absolute Gasteiger partial charge is 0.311 e. The molecule has 0 fully saturated rings. The summed E-state index contributed by atoms with van der Waals surface area (Å²) in [5, 5.41) is 0. The molecule has 0 aliphatic rings. The first-order valence-corrected chi connectivity index (χ1v) is 6.84. The van der Waals surface area contributed by atoms with Gasteiger partial charge in [0.05, 0.1) is 5.41 Å². The molecule has 0 amide bonds. The predicted octanol–water partition coefficient (Wildman–Crippen LogP) is 4.57. The molecule has 2 heteroatoms. The Bertz CT molecular complexity index is 238. The Morgan fingerprint density at radius 2 is 1.71 bits per heavy atom. The predicted molar refractivity (Wildman–Crippen MR) is 72.9 cm³/mol. The lowest BCUT2D eigenvalue weighted by molar-refractivity contribution is -0.169. The average molecular weight is 242 g/mol. The summed E-state index contributed by atoms with van der Waals surface area (Å²) in [7, 11) is 0. The Morgan fingerprint density at radius 1 is 1.18 bits per heavy atom. The van der Waals surface area contributed by atoms with Crippen LogP contribution in [-0.4, -0.2) is 11.6 Å². The minimum Gasteiger partial charge on any atom is -0.459 e. The molecule has 0 aromatic heterocycles. The van der Waals surface area contributed by atoms with E-state index >= 15 is 0 Å². The summed E-state index contributed by atoms with van der Waals surface area (Å²) in [4.78, 5) is 11.9. The van der Waals surface area contributed by atoms with Gasteiger partial charge in [0.25, 0.3) is 0 Å². The normalized spacial score (nSPS) is 15.8. The highest BCUT2D eigenvalue weighted by Crippen LogP contribution is 2.28. The van der Waals surface area contributed by atoms with Crippen LogP contribution in [0.2, 0.25) is 0 Å². The van der Waals surface area contributed by atoms with Gasteiger partial charge < -0.3 is 4.74 Å². The highest BCUT2D eigenvalue weighted by atomic mass is 16.6. The molecule has 0 saturated heterocycles. The molecule has 102 valence electrons. The van der Waals surface area contributed by atoms with Crippen LogP contribution in [0.4, 0.5) is 0 Å². The van der Waals surface area contributed by atoms with E-state index in [0.717, 1.165) is 25.2 Å². The number of hydrogen-bond donors (Lipinski definition) is 0. The maximum atomic E-state index is 11.9. The molecule has 0 bridgehead atoms. The molecule has 0 aromatic carbocycles. The van der Waals surface area contributed by atoms with Crippen molar-refractivity contribution >= 4 is 5.97 Å². The molecule has 0 rings (SSSR count). The molecule has 0 aliphatic carbocycles. The van der Waals surface area contributed by atoms with Gasteiger partial charge in [-0.3, -0.25) is 4.79 Å². The van der Waals surface area contributed by atoms with E-state index in [1.54, 1.807) is 0 Å². The lowest BCUT2D eigenvalue weighted by Crippen LogP contribution is -2.36. The van der Waals surface area contributed by atoms with E-state index in [9.17, 15) is 4.79 Å². The number of hydrogen-bond acceptors (Lipinski definition) is 2. The van der Waals surface area contributed by atoms with Gasteiger partial charge in [-0.2, -0.15) is 0 Å². The van der Waals surface area contributed by atoms with Gasteiger partial charge in [-0.05, 0) is 52.9 Å². The van der Waals surface area contributed by atoms with Gasteiger partial charge in [0.15, 0.2) is 0 Å². The number of ether oxygens (including phenoxy) is 1. The minimum absolute atomic E-state index is 0.0913. The molecule has 0 radical (unpaired) electrons. The van der Waals surface area contributed by atoms with E-state index in [-0.39, 0.29) is 11.6 Å². The highest BCUT2D eigenvalue weighted by molar-refractivity contribution is 5.75. The van der Waals surface area contributed by atoms with Gasteiger partial charge in [-0.1, -0.05) is 27.2 Å². The van der Waals surface area contributed by atoms with Crippen molar-refractivity contribution in [3.8, 4) is 0 Å². The average Bonchev–Trinajstić information content (AvgIpc) is 2.15. The fourth-order valence-electron chi connectivity index (χ4n) is 1.56. The Balaban J connectivity index is 4.32. The van der Waals surface area contributed by atoms with Crippen LogP contribution in [0, 0.1) is 11.3 Å². The Morgan fingerprint density at radius 3 is 2.06 bits per heavy atom. The molecule has 1 unspecified atom stereocenters. The first-order chi connectivity index (χ1) is 7.60.